The first-order chi connectivity index (χ1) is 22.2. The van der Waals surface area contributed by atoms with Crippen LogP contribution in [-0.4, -0.2) is 65.2 Å². The number of nitrogens with zero attached hydrogens (tertiary/aromatic N) is 6. The zero-order valence-electron chi connectivity index (χ0n) is 24.3. The van der Waals surface area contributed by atoms with E-state index in [1.807, 2.05) is 29.2 Å². The van der Waals surface area contributed by atoms with Crippen molar-refractivity contribution in [2.24, 2.45) is 5.10 Å². The number of hydrogen-bond acceptors (Lipinski definition) is 10. The van der Waals surface area contributed by atoms with Gasteiger partial charge in [0.1, 0.15) is 0 Å². The van der Waals surface area contributed by atoms with Gasteiger partial charge < -0.3 is 25.4 Å². The average molecular weight is 674 g/mol. The molecule has 240 valence electrons. The van der Waals surface area contributed by atoms with Crippen LogP contribution in [0.4, 0.5) is 42.4 Å². The van der Waals surface area contributed by atoms with Gasteiger partial charge >= 0.3 is 6.18 Å². The molecule has 1 atom stereocenters. The van der Waals surface area contributed by atoms with Crippen molar-refractivity contribution in [1.82, 2.24) is 15.0 Å². The highest BCUT2D eigenvalue weighted by Crippen LogP contribution is 2.40. The summed E-state index contributed by atoms with van der Waals surface area (Å²) in [4.78, 5) is 15.5. The van der Waals surface area contributed by atoms with Gasteiger partial charge in [0.15, 0.2) is 0 Å². The number of ether oxygens (including phenoxy) is 1. The van der Waals surface area contributed by atoms with Crippen LogP contribution in [-0.2, 0) is 10.9 Å². The van der Waals surface area contributed by atoms with Gasteiger partial charge in [-0.25, -0.2) is 0 Å². The zero-order valence-corrected chi connectivity index (χ0v) is 25.8. The van der Waals surface area contributed by atoms with Gasteiger partial charge in [-0.2, -0.15) is 33.2 Å². The number of benzene rings is 3. The van der Waals surface area contributed by atoms with Crippen LogP contribution in [0.3, 0.4) is 0 Å². The van der Waals surface area contributed by atoms with Crippen molar-refractivity contribution in [3.63, 3.8) is 0 Å². The standard InChI is InChI=1S/C31H29Cl2F3N8O2/c32-22-15-23(33)17-25(16-22)44-27(20-1-5-21(6-2-20)31(34,35)36)18-26(42-44)19-3-7-24(8-4-19)38-29-39-28(37-9-12-45)40-30(41-29)43-10-13-46-14-11-43/h1-8,15-17,27,45H,9-14,18H2,(H2,37,38,39,40,41). The Bertz CT molecular complexity index is 1680. The Balaban J connectivity index is 1.25. The molecule has 2 aliphatic heterocycles. The van der Waals surface area contributed by atoms with E-state index in [1.54, 1.807) is 23.2 Å². The van der Waals surface area contributed by atoms with Crippen molar-refractivity contribution in [3.05, 3.63) is 93.5 Å². The SMILES string of the molecule is OCCNc1nc(Nc2ccc(C3=NN(c4cc(Cl)cc(Cl)c4)C(c4ccc(C(F)(F)F)cc4)C3)cc2)nc(N2CCOCC2)n1. The third-order valence-corrected chi connectivity index (χ3v) is 7.87. The van der Waals surface area contributed by atoms with Gasteiger partial charge in [0.2, 0.25) is 17.8 Å². The number of anilines is 5. The van der Waals surface area contributed by atoms with Crippen molar-refractivity contribution in [2.45, 2.75) is 18.6 Å². The first kappa shape index (κ1) is 31.8. The zero-order chi connectivity index (χ0) is 32.3. The highest BCUT2D eigenvalue weighted by Gasteiger charge is 2.33. The first-order valence-corrected chi connectivity index (χ1v) is 15.2. The highest BCUT2D eigenvalue weighted by molar-refractivity contribution is 6.35. The number of alkyl halides is 3. The van der Waals surface area contributed by atoms with E-state index in [0.29, 0.717) is 77.6 Å². The van der Waals surface area contributed by atoms with E-state index in [0.717, 1.165) is 23.4 Å². The average Bonchev–Trinajstić information content (AvgIpc) is 3.49. The fourth-order valence-corrected chi connectivity index (χ4v) is 5.71. The molecule has 1 aromatic heterocycles. The summed E-state index contributed by atoms with van der Waals surface area (Å²) in [5.74, 6) is 1.16. The number of rotatable bonds is 9. The van der Waals surface area contributed by atoms with E-state index >= 15 is 0 Å². The lowest BCUT2D eigenvalue weighted by Crippen LogP contribution is -2.37. The molecular weight excluding hydrogens is 644 g/mol. The maximum atomic E-state index is 13.3. The van der Waals surface area contributed by atoms with E-state index in [9.17, 15) is 18.3 Å². The summed E-state index contributed by atoms with van der Waals surface area (Å²) in [5.41, 5.74) is 2.84. The van der Waals surface area contributed by atoms with Crippen LogP contribution in [0.15, 0.2) is 71.8 Å². The van der Waals surface area contributed by atoms with Gasteiger partial charge in [-0.1, -0.05) is 47.5 Å². The molecule has 1 unspecified atom stereocenters. The second-order valence-electron chi connectivity index (χ2n) is 10.6. The monoisotopic (exact) mass is 672 g/mol. The van der Waals surface area contributed by atoms with Crippen LogP contribution in [0.25, 0.3) is 0 Å². The Morgan fingerprint density at radius 1 is 0.891 bits per heavy atom. The second kappa shape index (κ2) is 13.7. The lowest BCUT2D eigenvalue weighted by molar-refractivity contribution is -0.137. The number of aliphatic hydroxyl groups excluding tert-OH is 1. The molecule has 10 nitrogen and oxygen atoms in total. The van der Waals surface area contributed by atoms with Gasteiger partial charge in [-0.3, -0.25) is 5.01 Å². The molecule has 15 heteroatoms. The van der Waals surface area contributed by atoms with E-state index in [-0.39, 0.29) is 13.2 Å². The number of morpholine rings is 1. The third kappa shape index (κ3) is 7.44. The molecule has 4 aromatic rings. The summed E-state index contributed by atoms with van der Waals surface area (Å²) in [6.45, 7) is 2.64. The summed E-state index contributed by atoms with van der Waals surface area (Å²) >= 11 is 12.6. The Morgan fingerprint density at radius 2 is 1.57 bits per heavy atom. The topological polar surface area (TPSA) is 111 Å². The number of aliphatic hydroxyl groups is 1. The molecule has 3 heterocycles. The van der Waals surface area contributed by atoms with E-state index in [1.165, 1.54) is 12.1 Å². The van der Waals surface area contributed by atoms with Crippen LogP contribution in [0.1, 0.15) is 29.2 Å². The first-order valence-electron chi connectivity index (χ1n) is 14.5. The van der Waals surface area contributed by atoms with E-state index < -0.39 is 17.8 Å². The summed E-state index contributed by atoms with van der Waals surface area (Å²) < 4.78 is 45.2. The van der Waals surface area contributed by atoms with Crippen LogP contribution in [0, 0.1) is 0 Å². The smallest absolute Gasteiger partial charge is 0.395 e. The molecule has 0 amide bonds. The Hall–Kier alpha value is -4.17. The van der Waals surface area contributed by atoms with Crippen LogP contribution in [0.5, 0.6) is 0 Å². The van der Waals surface area contributed by atoms with Gasteiger partial charge in [0, 0.05) is 41.8 Å². The van der Waals surface area contributed by atoms with Crippen molar-refractivity contribution in [3.8, 4) is 0 Å². The number of hydrazone groups is 1. The number of halogens is 5. The molecule has 0 radical (unpaired) electrons. The quantitative estimate of drug-likeness (QED) is 0.183. The van der Waals surface area contributed by atoms with Crippen molar-refractivity contribution in [2.75, 3.05) is 60.0 Å². The summed E-state index contributed by atoms with van der Waals surface area (Å²) in [5, 5.41) is 22.9. The van der Waals surface area contributed by atoms with Gasteiger partial charge in [-0.05, 0) is 53.6 Å². The molecule has 2 aliphatic rings. The molecule has 1 saturated heterocycles. The number of nitrogens with one attached hydrogen (secondary N) is 2. The van der Waals surface area contributed by atoms with E-state index in [4.69, 9.17) is 33.0 Å². The van der Waals surface area contributed by atoms with Crippen LogP contribution < -0.4 is 20.5 Å². The molecule has 0 saturated carbocycles. The fourth-order valence-electron chi connectivity index (χ4n) is 5.20. The van der Waals surface area contributed by atoms with Crippen molar-refractivity contribution >= 4 is 58.1 Å². The second-order valence-corrected chi connectivity index (χ2v) is 11.5. The minimum absolute atomic E-state index is 0.0752. The van der Waals surface area contributed by atoms with Crippen molar-refractivity contribution in [1.29, 1.82) is 0 Å². The molecule has 6 rings (SSSR count). The molecule has 0 bridgehead atoms. The molecule has 3 N–H and O–H groups in total. The largest absolute Gasteiger partial charge is 0.416 e. The minimum atomic E-state index is -4.44. The molecular formula is C31H29Cl2F3N8O2. The van der Waals surface area contributed by atoms with Gasteiger partial charge in [0.05, 0.1) is 42.8 Å². The molecule has 0 aliphatic carbocycles. The predicted octanol–water partition coefficient (Wildman–Crippen LogP) is 6.54. The maximum Gasteiger partial charge on any atom is 0.416 e. The van der Waals surface area contributed by atoms with Crippen molar-refractivity contribution < 1.29 is 23.0 Å². The Morgan fingerprint density at radius 3 is 2.22 bits per heavy atom. The molecule has 0 spiro atoms. The summed E-state index contributed by atoms with van der Waals surface area (Å²) in [7, 11) is 0. The lowest BCUT2D eigenvalue weighted by atomic mass is 9.97. The fraction of sp³-hybridized carbons (Fsp3) is 0.290. The lowest BCUT2D eigenvalue weighted by Gasteiger charge is -2.27. The predicted molar refractivity (Wildman–Crippen MR) is 172 cm³/mol. The molecule has 1 fully saturated rings. The van der Waals surface area contributed by atoms with E-state index in [2.05, 4.69) is 25.6 Å². The molecule has 46 heavy (non-hydrogen) atoms. The van der Waals surface area contributed by atoms with Crippen LogP contribution >= 0.6 is 23.2 Å². The Kier molecular flexibility index (Phi) is 9.45. The van der Waals surface area contributed by atoms with Gasteiger partial charge in [0.25, 0.3) is 0 Å². The molecule has 3 aromatic carbocycles. The number of hydrogen-bond donors (Lipinski definition) is 3. The van der Waals surface area contributed by atoms with Crippen LogP contribution in [0.2, 0.25) is 10.0 Å². The Labute approximate surface area is 272 Å². The highest BCUT2D eigenvalue weighted by atomic mass is 35.5. The number of aromatic nitrogens is 3. The third-order valence-electron chi connectivity index (χ3n) is 7.43. The van der Waals surface area contributed by atoms with Gasteiger partial charge in [-0.15, -0.1) is 0 Å². The summed E-state index contributed by atoms with van der Waals surface area (Å²) in [6.07, 6.45) is -4.01. The normalized spacial score (nSPS) is 16.8. The maximum absolute atomic E-state index is 13.3. The minimum Gasteiger partial charge on any atom is -0.395 e. The summed E-state index contributed by atoms with van der Waals surface area (Å²) in [6, 6.07) is 17.3.